The standard InChI is InChI=1S/C21H24N4O2S/c1-14(26)22-9-8-17-13-28-20(23-17)16-6-4-10-25(12-16)21(27)19-11-15-5-2-3-7-18(15)24-19/h2-3,5,7,11,13,16,24H,4,6,8-10,12H2,1H3,(H,22,26)/t16-/m1/s1. The molecular formula is C21H24N4O2S. The highest BCUT2D eigenvalue weighted by molar-refractivity contribution is 7.09. The van der Waals surface area contributed by atoms with Crippen LogP contribution in [0.1, 0.15) is 46.9 Å². The van der Waals surface area contributed by atoms with Crippen LogP contribution in [-0.4, -0.2) is 46.3 Å². The average Bonchev–Trinajstić information content (AvgIpc) is 3.34. The Kier molecular flexibility index (Phi) is 5.43. The van der Waals surface area contributed by atoms with Crippen molar-refractivity contribution < 1.29 is 9.59 Å². The number of amides is 2. The van der Waals surface area contributed by atoms with E-state index in [2.05, 4.69) is 15.7 Å². The number of nitrogens with one attached hydrogen (secondary N) is 2. The van der Waals surface area contributed by atoms with Crippen molar-refractivity contribution in [1.29, 1.82) is 0 Å². The Bertz CT molecular complexity index is 960. The Balaban J connectivity index is 1.42. The smallest absolute Gasteiger partial charge is 0.270 e. The fraction of sp³-hybridized carbons (Fsp3) is 0.381. The molecule has 0 bridgehead atoms. The minimum absolute atomic E-state index is 0.0196. The molecule has 3 aromatic rings. The highest BCUT2D eigenvalue weighted by Gasteiger charge is 2.28. The van der Waals surface area contributed by atoms with Crippen LogP contribution >= 0.6 is 11.3 Å². The van der Waals surface area contributed by atoms with Crippen molar-refractivity contribution in [2.75, 3.05) is 19.6 Å². The highest BCUT2D eigenvalue weighted by Crippen LogP contribution is 2.30. The maximum Gasteiger partial charge on any atom is 0.270 e. The largest absolute Gasteiger partial charge is 0.356 e. The van der Waals surface area contributed by atoms with Crippen molar-refractivity contribution >= 4 is 34.1 Å². The van der Waals surface area contributed by atoms with Gasteiger partial charge in [-0.15, -0.1) is 11.3 Å². The van der Waals surface area contributed by atoms with Crippen molar-refractivity contribution in [2.24, 2.45) is 0 Å². The van der Waals surface area contributed by atoms with Gasteiger partial charge in [0.25, 0.3) is 5.91 Å². The van der Waals surface area contributed by atoms with Crippen LogP contribution in [-0.2, 0) is 11.2 Å². The number of hydrogen-bond acceptors (Lipinski definition) is 4. The van der Waals surface area contributed by atoms with Crippen LogP contribution < -0.4 is 5.32 Å². The molecule has 3 heterocycles. The van der Waals surface area contributed by atoms with Crippen molar-refractivity contribution in [3.05, 3.63) is 52.1 Å². The highest BCUT2D eigenvalue weighted by atomic mass is 32.1. The molecule has 28 heavy (non-hydrogen) atoms. The Labute approximate surface area is 168 Å². The molecule has 0 radical (unpaired) electrons. The first-order chi connectivity index (χ1) is 13.6. The number of likely N-dealkylation sites (tertiary alicyclic amines) is 1. The number of fused-ring (bicyclic) bond motifs is 1. The molecular weight excluding hydrogens is 372 g/mol. The van der Waals surface area contributed by atoms with Gasteiger partial charge < -0.3 is 15.2 Å². The first-order valence-corrected chi connectivity index (χ1v) is 10.5. The Morgan fingerprint density at radius 2 is 2.21 bits per heavy atom. The summed E-state index contributed by atoms with van der Waals surface area (Å²) in [5.41, 5.74) is 2.65. The number of nitrogens with zero attached hydrogens (tertiary/aromatic N) is 2. The van der Waals surface area contributed by atoms with E-state index in [0.717, 1.165) is 47.4 Å². The quantitative estimate of drug-likeness (QED) is 0.694. The third-order valence-electron chi connectivity index (χ3n) is 5.14. The van der Waals surface area contributed by atoms with E-state index in [0.29, 0.717) is 18.8 Å². The fourth-order valence-corrected chi connectivity index (χ4v) is 4.70. The van der Waals surface area contributed by atoms with Crippen LogP contribution in [0.3, 0.4) is 0 Å². The summed E-state index contributed by atoms with van der Waals surface area (Å²) in [4.78, 5) is 33.9. The minimum Gasteiger partial charge on any atom is -0.356 e. The number of thiazole rings is 1. The molecule has 1 fully saturated rings. The molecule has 2 N–H and O–H groups in total. The van der Waals surface area contributed by atoms with Gasteiger partial charge in [0.1, 0.15) is 5.69 Å². The molecule has 146 valence electrons. The van der Waals surface area contributed by atoms with E-state index in [1.54, 1.807) is 11.3 Å². The number of rotatable bonds is 5. The molecule has 0 aliphatic carbocycles. The van der Waals surface area contributed by atoms with E-state index in [1.165, 1.54) is 6.92 Å². The number of benzene rings is 1. The van der Waals surface area contributed by atoms with Crippen LogP contribution in [0.2, 0.25) is 0 Å². The minimum atomic E-state index is -0.0196. The maximum atomic E-state index is 13.0. The lowest BCUT2D eigenvalue weighted by Gasteiger charge is -2.31. The van der Waals surface area contributed by atoms with Crippen LogP contribution in [0.5, 0.6) is 0 Å². The number of H-pyrrole nitrogens is 1. The molecule has 1 saturated heterocycles. The Morgan fingerprint density at radius 3 is 3.04 bits per heavy atom. The van der Waals surface area contributed by atoms with Crippen LogP contribution in [0, 0.1) is 0 Å². The number of para-hydroxylation sites is 1. The van der Waals surface area contributed by atoms with Crippen LogP contribution in [0.4, 0.5) is 0 Å². The van der Waals surface area contributed by atoms with E-state index in [1.807, 2.05) is 35.2 Å². The zero-order chi connectivity index (χ0) is 19.5. The van der Waals surface area contributed by atoms with E-state index in [4.69, 9.17) is 4.98 Å². The second-order valence-corrected chi connectivity index (χ2v) is 8.16. The van der Waals surface area contributed by atoms with Gasteiger partial charge in [-0.2, -0.15) is 0 Å². The van der Waals surface area contributed by atoms with E-state index in [-0.39, 0.29) is 17.7 Å². The van der Waals surface area contributed by atoms with Gasteiger partial charge in [0.2, 0.25) is 5.91 Å². The molecule has 1 atom stereocenters. The van der Waals surface area contributed by atoms with Gasteiger partial charge in [-0.05, 0) is 25.0 Å². The van der Waals surface area contributed by atoms with Crippen LogP contribution in [0.15, 0.2) is 35.7 Å². The number of piperidine rings is 1. The van der Waals surface area contributed by atoms with Crippen LogP contribution in [0.25, 0.3) is 10.9 Å². The second kappa shape index (κ2) is 8.14. The molecule has 1 aromatic carbocycles. The van der Waals surface area contributed by atoms with Gasteiger partial charge in [-0.3, -0.25) is 9.59 Å². The number of aromatic nitrogens is 2. The number of carbonyl (C=O) groups excluding carboxylic acids is 2. The van der Waals surface area contributed by atoms with Crippen molar-refractivity contribution in [1.82, 2.24) is 20.2 Å². The van der Waals surface area contributed by atoms with Gasteiger partial charge in [0.15, 0.2) is 0 Å². The zero-order valence-corrected chi connectivity index (χ0v) is 16.7. The molecule has 7 heteroatoms. The zero-order valence-electron chi connectivity index (χ0n) is 15.9. The number of aromatic amines is 1. The summed E-state index contributed by atoms with van der Waals surface area (Å²) in [6, 6.07) is 9.89. The molecule has 1 aliphatic rings. The van der Waals surface area contributed by atoms with Crippen molar-refractivity contribution in [2.45, 2.75) is 32.1 Å². The van der Waals surface area contributed by atoms with Gasteiger partial charge in [-0.25, -0.2) is 4.98 Å². The summed E-state index contributed by atoms with van der Waals surface area (Å²) < 4.78 is 0. The molecule has 0 unspecified atom stereocenters. The summed E-state index contributed by atoms with van der Waals surface area (Å²) in [6.07, 6.45) is 2.77. The van der Waals surface area contributed by atoms with E-state index in [9.17, 15) is 9.59 Å². The Hall–Kier alpha value is -2.67. The predicted octanol–water partition coefficient (Wildman–Crippen LogP) is 3.32. The number of hydrogen-bond donors (Lipinski definition) is 2. The Morgan fingerprint density at radius 1 is 1.36 bits per heavy atom. The van der Waals surface area contributed by atoms with E-state index < -0.39 is 0 Å². The lowest BCUT2D eigenvalue weighted by molar-refractivity contribution is -0.118. The van der Waals surface area contributed by atoms with Gasteiger partial charge >= 0.3 is 0 Å². The SMILES string of the molecule is CC(=O)NCCc1csc([C@@H]2CCCN(C(=O)c3cc4ccccc4[nH]3)C2)n1. The molecule has 2 aromatic heterocycles. The maximum absolute atomic E-state index is 13.0. The number of carbonyl (C=O) groups is 2. The molecule has 4 rings (SSSR count). The summed E-state index contributed by atoms with van der Waals surface area (Å²) in [7, 11) is 0. The monoisotopic (exact) mass is 396 g/mol. The average molecular weight is 397 g/mol. The fourth-order valence-electron chi connectivity index (χ4n) is 3.71. The first-order valence-electron chi connectivity index (χ1n) is 9.66. The lowest BCUT2D eigenvalue weighted by Crippen LogP contribution is -2.39. The van der Waals surface area contributed by atoms with Crippen molar-refractivity contribution in [3.63, 3.8) is 0 Å². The molecule has 0 spiro atoms. The normalized spacial score (nSPS) is 17.0. The summed E-state index contributed by atoms with van der Waals surface area (Å²) in [6.45, 7) is 3.61. The first kappa shape index (κ1) is 18.7. The van der Waals surface area contributed by atoms with Crippen molar-refractivity contribution in [3.8, 4) is 0 Å². The van der Waals surface area contributed by atoms with Gasteiger partial charge in [-0.1, -0.05) is 18.2 Å². The molecule has 6 nitrogen and oxygen atoms in total. The van der Waals surface area contributed by atoms with Gasteiger partial charge in [0.05, 0.1) is 10.7 Å². The summed E-state index contributed by atoms with van der Waals surface area (Å²) >= 11 is 1.66. The second-order valence-electron chi connectivity index (χ2n) is 7.27. The topological polar surface area (TPSA) is 78.1 Å². The van der Waals surface area contributed by atoms with Gasteiger partial charge in [0, 0.05) is 55.2 Å². The van der Waals surface area contributed by atoms with E-state index >= 15 is 0 Å². The predicted molar refractivity (Wildman–Crippen MR) is 111 cm³/mol. The lowest BCUT2D eigenvalue weighted by atomic mass is 9.98. The molecule has 0 saturated carbocycles. The molecule has 1 aliphatic heterocycles. The molecule has 2 amide bonds. The third-order valence-corrected chi connectivity index (χ3v) is 6.20. The summed E-state index contributed by atoms with van der Waals surface area (Å²) in [5.74, 6) is 0.318. The third kappa shape index (κ3) is 4.09. The summed E-state index contributed by atoms with van der Waals surface area (Å²) in [5, 5.41) is 7.02.